The van der Waals surface area contributed by atoms with Gasteiger partial charge in [0, 0.05) is 6.42 Å². The van der Waals surface area contributed by atoms with E-state index in [0.717, 1.165) is 17.7 Å². The van der Waals surface area contributed by atoms with Crippen LogP contribution in [0.2, 0.25) is 0 Å². The van der Waals surface area contributed by atoms with E-state index in [4.69, 9.17) is 21.1 Å². The minimum Gasteiger partial charge on any atom is -0.490 e. The molecule has 1 aliphatic carbocycles. The average Bonchev–Trinajstić information content (AvgIpc) is 3.09. The van der Waals surface area contributed by atoms with Gasteiger partial charge in [-0.15, -0.1) is 11.6 Å². The highest BCUT2D eigenvalue weighted by Crippen LogP contribution is 2.36. The van der Waals surface area contributed by atoms with Crippen LogP contribution in [-0.2, 0) is 9.53 Å². The Bertz CT molecular complexity index is 414. The van der Waals surface area contributed by atoms with Crippen LogP contribution in [0.1, 0.15) is 31.2 Å². The number of alkyl halides is 1. The van der Waals surface area contributed by atoms with Crippen LogP contribution < -0.4 is 4.74 Å². The molecule has 3 atom stereocenters. The van der Waals surface area contributed by atoms with Gasteiger partial charge in [0.1, 0.15) is 11.9 Å². The van der Waals surface area contributed by atoms with Crippen molar-refractivity contribution in [2.75, 3.05) is 6.61 Å². The van der Waals surface area contributed by atoms with Crippen LogP contribution in [0.25, 0.3) is 0 Å². The summed E-state index contributed by atoms with van der Waals surface area (Å²) in [5.74, 6) is 0.512. The smallest absolute Gasteiger partial charge is 0.312 e. The van der Waals surface area contributed by atoms with Crippen molar-refractivity contribution in [3.8, 4) is 5.75 Å². The molecule has 1 aromatic carbocycles. The molecule has 1 aromatic rings. The Labute approximate surface area is 112 Å². The van der Waals surface area contributed by atoms with Gasteiger partial charge >= 0.3 is 5.97 Å². The van der Waals surface area contributed by atoms with Crippen molar-refractivity contribution < 1.29 is 14.3 Å². The zero-order valence-corrected chi connectivity index (χ0v) is 11.3. The summed E-state index contributed by atoms with van der Waals surface area (Å²) in [4.78, 5) is 11.4. The second kappa shape index (κ2) is 5.61. The molecule has 0 heterocycles. The van der Waals surface area contributed by atoms with E-state index < -0.39 is 0 Å². The first-order valence-corrected chi connectivity index (χ1v) is 6.62. The number of hydrogen-bond donors (Lipinski definition) is 0. The number of rotatable bonds is 5. The quantitative estimate of drug-likeness (QED) is 0.607. The summed E-state index contributed by atoms with van der Waals surface area (Å²) in [6.07, 6.45) is 0.704. The second-order valence-electron chi connectivity index (χ2n) is 4.44. The third-order valence-corrected chi connectivity index (χ3v) is 3.20. The standard InChI is InChI=1S/C14H17ClO3/c1-3-17-14(16)12-8-13(12)18-11-6-4-10(5-7-11)9(2)15/h4-7,9,12-13H,3,8H2,1-2H3/t9?,12-,13-/m1/s1. The fourth-order valence-corrected chi connectivity index (χ4v) is 1.93. The molecule has 18 heavy (non-hydrogen) atoms. The van der Waals surface area contributed by atoms with Crippen LogP contribution in [0.4, 0.5) is 0 Å². The number of carbonyl (C=O) groups is 1. The predicted octanol–water partition coefficient (Wildman–Crippen LogP) is 3.32. The largest absolute Gasteiger partial charge is 0.490 e. The van der Waals surface area contributed by atoms with Gasteiger partial charge in [-0.25, -0.2) is 0 Å². The molecule has 1 unspecified atom stereocenters. The van der Waals surface area contributed by atoms with Crippen LogP contribution in [0.3, 0.4) is 0 Å². The first-order chi connectivity index (χ1) is 8.61. The summed E-state index contributed by atoms with van der Waals surface area (Å²) in [5, 5.41) is -0.00717. The van der Waals surface area contributed by atoms with Crippen molar-refractivity contribution in [2.45, 2.75) is 31.7 Å². The number of esters is 1. The zero-order valence-electron chi connectivity index (χ0n) is 10.6. The summed E-state index contributed by atoms with van der Waals surface area (Å²) in [7, 11) is 0. The maximum absolute atomic E-state index is 11.4. The first kappa shape index (κ1) is 13.2. The van der Waals surface area contributed by atoms with Crippen LogP contribution >= 0.6 is 11.6 Å². The van der Waals surface area contributed by atoms with Gasteiger partial charge in [0.15, 0.2) is 0 Å². The van der Waals surface area contributed by atoms with Gasteiger partial charge in [-0.1, -0.05) is 12.1 Å². The molecular formula is C14H17ClO3. The second-order valence-corrected chi connectivity index (χ2v) is 5.09. The molecule has 98 valence electrons. The lowest BCUT2D eigenvalue weighted by Gasteiger charge is -2.07. The summed E-state index contributed by atoms with van der Waals surface area (Å²) in [5.41, 5.74) is 1.06. The van der Waals surface area contributed by atoms with Crippen molar-refractivity contribution >= 4 is 17.6 Å². The van der Waals surface area contributed by atoms with Crippen molar-refractivity contribution in [3.63, 3.8) is 0 Å². The molecule has 0 N–H and O–H groups in total. The van der Waals surface area contributed by atoms with Crippen LogP contribution in [-0.4, -0.2) is 18.7 Å². The van der Waals surface area contributed by atoms with Gasteiger partial charge in [0.05, 0.1) is 17.9 Å². The zero-order chi connectivity index (χ0) is 13.1. The number of carbonyl (C=O) groups excluding carboxylic acids is 1. The topological polar surface area (TPSA) is 35.5 Å². The minimum absolute atomic E-state index is 0.00717. The van der Waals surface area contributed by atoms with Crippen LogP contribution in [0.5, 0.6) is 5.75 Å². The van der Waals surface area contributed by atoms with E-state index in [1.54, 1.807) is 0 Å². The molecule has 0 radical (unpaired) electrons. The molecular weight excluding hydrogens is 252 g/mol. The molecule has 0 amide bonds. The van der Waals surface area contributed by atoms with E-state index in [2.05, 4.69) is 0 Å². The molecule has 1 aliphatic rings. The Kier molecular flexibility index (Phi) is 4.12. The van der Waals surface area contributed by atoms with Crippen molar-refractivity contribution in [2.24, 2.45) is 5.92 Å². The molecule has 3 nitrogen and oxygen atoms in total. The average molecular weight is 269 g/mol. The summed E-state index contributed by atoms with van der Waals surface area (Å²) < 4.78 is 10.6. The molecule has 1 fully saturated rings. The van der Waals surface area contributed by atoms with E-state index in [1.165, 1.54) is 0 Å². The summed E-state index contributed by atoms with van der Waals surface area (Å²) in [6.45, 7) is 4.15. The molecule has 0 aliphatic heterocycles. The van der Waals surface area contributed by atoms with Gasteiger partial charge in [0.25, 0.3) is 0 Å². The minimum atomic E-state index is -0.159. The molecule has 4 heteroatoms. The molecule has 0 spiro atoms. The Morgan fingerprint density at radius 2 is 2.11 bits per heavy atom. The maximum atomic E-state index is 11.4. The fourth-order valence-electron chi connectivity index (χ4n) is 1.79. The summed E-state index contributed by atoms with van der Waals surface area (Å²) in [6, 6.07) is 7.65. The Balaban J connectivity index is 1.86. The van der Waals surface area contributed by atoms with Gasteiger partial charge in [-0.3, -0.25) is 4.79 Å². The number of hydrogen-bond acceptors (Lipinski definition) is 3. The number of halogens is 1. The van der Waals surface area contributed by atoms with Gasteiger partial charge in [-0.2, -0.15) is 0 Å². The van der Waals surface area contributed by atoms with Gasteiger partial charge in [0.2, 0.25) is 0 Å². The Hall–Kier alpha value is -1.22. The first-order valence-electron chi connectivity index (χ1n) is 6.19. The summed E-state index contributed by atoms with van der Waals surface area (Å²) >= 11 is 5.97. The molecule has 2 rings (SSSR count). The fraction of sp³-hybridized carbons (Fsp3) is 0.500. The highest BCUT2D eigenvalue weighted by Gasteiger charge is 2.46. The SMILES string of the molecule is CCOC(=O)[C@@H]1C[C@H]1Oc1ccc(C(C)Cl)cc1. The maximum Gasteiger partial charge on any atom is 0.312 e. The Morgan fingerprint density at radius 1 is 1.44 bits per heavy atom. The van der Waals surface area contributed by atoms with E-state index >= 15 is 0 Å². The van der Waals surface area contributed by atoms with E-state index in [-0.39, 0.29) is 23.4 Å². The third kappa shape index (κ3) is 3.16. The number of ether oxygens (including phenoxy) is 2. The van der Waals surface area contributed by atoms with Crippen molar-refractivity contribution in [3.05, 3.63) is 29.8 Å². The predicted molar refractivity (Wildman–Crippen MR) is 69.9 cm³/mol. The lowest BCUT2D eigenvalue weighted by Crippen LogP contribution is -2.12. The third-order valence-electron chi connectivity index (χ3n) is 2.95. The molecule has 0 bridgehead atoms. The lowest BCUT2D eigenvalue weighted by molar-refractivity contribution is -0.145. The highest BCUT2D eigenvalue weighted by molar-refractivity contribution is 6.20. The Morgan fingerprint density at radius 3 is 2.67 bits per heavy atom. The van der Waals surface area contributed by atoms with Crippen molar-refractivity contribution in [1.29, 1.82) is 0 Å². The molecule has 1 saturated carbocycles. The van der Waals surface area contributed by atoms with Gasteiger partial charge < -0.3 is 9.47 Å². The van der Waals surface area contributed by atoms with E-state index in [9.17, 15) is 4.79 Å². The monoisotopic (exact) mass is 268 g/mol. The normalized spacial score (nSPS) is 23.3. The van der Waals surface area contributed by atoms with E-state index in [0.29, 0.717) is 6.61 Å². The molecule has 0 saturated heterocycles. The lowest BCUT2D eigenvalue weighted by atomic mass is 10.2. The molecule has 0 aromatic heterocycles. The van der Waals surface area contributed by atoms with Crippen LogP contribution in [0, 0.1) is 5.92 Å². The van der Waals surface area contributed by atoms with E-state index in [1.807, 2.05) is 38.1 Å². The highest BCUT2D eigenvalue weighted by atomic mass is 35.5. The number of benzene rings is 1. The van der Waals surface area contributed by atoms with Crippen LogP contribution in [0.15, 0.2) is 24.3 Å². The van der Waals surface area contributed by atoms with Gasteiger partial charge in [-0.05, 0) is 31.5 Å². The van der Waals surface area contributed by atoms with Crippen molar-refractivity contribution in [1.82, 2.24) is 0 Å².